The Kier molecular flexibility index (Phi) is 6.13. The Morgan fingerprint density at radius 1 is 1.24 bits per heavy atom. The minimum Gasteiger partial charge on any atom is -0.354 e. The van der Waals surface area contributed by atoms with Gasteiger partial charge < -0.3 is 16.0 Å². The maximum atomic E-state index is 12.0. The van der Waals surface area contributed by atoms with Gasteiger partial charge in [0, 0.05) is 13.1 Å². The normalized spacial score (nSPS) is 12.9. The molecule has 0 saturated carbocycles. The molecule has 0 aliphatic heterocycles. The Morgan fingerprint density at radius 2 is 1.71 bits per heavy atom. The lowest BCUT2D eigenvalue weighted by molar-refractivity contribution is -0.127. The third kappa shape index (κ3) is 5.50. The fourth-order valence-corrected chi connectivity index (χ4v) is 1.98. The van der Waals surface area contributed by atoms with E-state index in [0.29, 0.717) is 19.4 Å². The van der Waals surface area contributed by atoms with E-state index < -0.39 is 5.54 Å². The standard InChI is InChI=1S/C13H29N3O/c1-7-13(14,8-2)11(17)15-9-12(3,4)10-16(5)6/h7-10,14H2,1-6H3,(H,15,17). The van der Waals surface area contributed by atoms with Crippen molar-refractivity contribution in [1.82, 2.24) is 10.2 Å². The molecular formula is C13H29N3O. The van der Waals surface area contributed by atoms with Gasteiger partial charge in [-0.25, -0.2) is 0 Å². The van der Waals surface area contributed by atoms with Crippen LogP contribution in [-0.4, -0.2) is 43.5 Å². The lowest BCUT2D eigenvalue weighted by Crippen LogP contribution is -2.55. The van der Waals surface area contributed by atoms with E-state index in [4.69, 9.17) is 5.73 Å². The van der Waals surface area contributed by atoms with Gasteiger partial charge in [-0.2, -0.15) is 0 Å². The number of carbonyl (C=O) groups is 1. The topological polar surface area (TPSA) is 58.4 Å². The zero-order valence-corrected chi connectivity index (χ0v) is 12.3. The number of nitrogens with zero attached hydrogens (tertiary/aromatic N) is 1. The van der Waals surface area contributed by atoms with Crippen molar-refractivity contribution in [1.29, 1.82) is 0 Å². The molecule has 0 bridgehead atoms. The van der Waals surface area contributed by atoms with Gasteiger partial charge >= 0.3 is 0 Å². The van der Waals surface area contributed by atoms with E-state index in [1.165, 1.54) is 0 Å². The summed E-state index contributed by atoms with van der Waals surface area (Å²) in [6.45, 7) is 9.78. The number of hydrogen-bond donors (Lipinski definition) is 2. The first-order valence-electron chi connectivity index (χ1n) is 6.39. The summed E-state index contributed by atoms with van der Waals surface area (Å²) in [7, 11) is 4.07. The Labute approximate surface area is 106 Å². The molecule has 0 radical (unpaired) electrons. The van der Waals surface area contributed by atoms with Gasteiger partial charge in [0.1, 0.15) is 0 Å². The maximum Gasteiger partial charge on any atom is 0.240 e. The van der Waals surface area contributed by atoms with Crippen molar-refractivity contribution in [2.45, 2.75) is 46.1 Å². The molecule has 0 unspecified atom stereocenters. The molecule has 0 aromatic carbocycles. The van der Waals surface area contributed by atoms with Gasteiger partial charge in [0.2, 0.25) is 5.91 Å². The average Bonchev–Trinajstić information content (AvgIpc) is 2.23. The van der Waals surface area contributed by atoms with Gasteiger partial charge in [-0.05, 0) is 32.4 Å². The highest BCUT2D eigenvalue weighted by molar-refractivity contribution is 5.85. The highest BCUT2D eigenvalue weighted by atomic mass is 16.2. The molecule has 0 heterocycles. The highest BCUT2D eigenvalue weighted by Crippen LogP contribution is 2.16. The quantitative estimate of drug-likeness (QED) is 0.706. The number of nitrogens with one attached hydrogen (secondary N) is 1. The summed E-state index contributed by atoms with van der Waals surface area (Å²) < 4.78 is 0. The summed E-state index contributed by atoms with van der Waals surface area (Å²) in [6, 6.07) is 0. The first-order chi connectivity index (χ1) is 7.67. The first-order valence-corrected chi connectivity index (χ1v) is 6.39. The molecule has 0 aromatic rings. The molecule has 0 aromatic heterocycles. The molecule has 3 N–H and O–H groups in total. The molecular weight excluding hydrogens is 214 g/mol. The molecule has 102 valence electrons. The van der Waals surface area contributed by atoms with Crippen LogP contribution >= 0.6 is 0 Å². The maximum absolute atomic E-state index is 12.0. The summed E-state index contributed by atoms with van der Waals surface area (Å²) in [5.74, 6) is -0.0330. The molecule has 0 spiro atoms. The largest absolute Gasteiger partial charge is 0.354 e. The van der Waals surface area contributed by atoms with Gasteiger partial charge in [-0.1, -0.05) is 27.7 Å². The van der Waals surface area contributed by atoms with Crippen molar-refractivity contribution < 1.29 is 4.79 Å². The molecule has 0 saturated heterocycles. The van der Waals surface area contributed by atoms with E-state index in [-0.39, 0.29) is 11.3 Å². The number of hydrogen-bond acceptors (Lipinski definition) is 3. The zero-order chi connectivity index (χ0) is 13.7. The minimum absolute atomic E-state index is 0.0330. The van der Waals surface area contributed by atoms with E-state index in [9.17, 15) is 4.79 Å². The molecule has 0 aliphatic carbocycles. The van der Waals surface area contributed by atoms with E-state index >= 15 is 0 Å². The average molecular weight is 243 g/mol. The summed E-state index contributed by atoms with van der Waals surface area (Å²) in [4.78, 5) is 14.1. The van der Waals surface area contributed by atoms with Crippen LogP contribution in [0.1, 0.15) is 40.5 Å². The van der Waals surface area contributed by atoms with Crippen molar-refractivity contribution in [2.24, 2.45) is 11.1 Å². The molecule has 17 heavy (non-hydrogen) atoms. The third-order valence-corrected chi connectivity index (χ3v) is 3.19. The molecule has 1 amide bonds. The zero-order valence-electron chi connectivity index (χ0n) is 12.3. The summed E-state index contributed by atoms with van der Waals surface area (Å²) >= 11 is 0. The molecule has 4 heteroatoms. The fourth-order valence-electron chi connectivity index (χ4n) is 1.98. The number of nitrogens with two attached hydrogens (primary N) is 1. The predicted molar refractivity (Wildman–Crippen MR) is 72.8 cm³/mol. The highest BCUT2D eigenvalue weighted by Gasteiger charge is 2.31. The Hall–Kier alpha value is -0.610. The van der Waals surface area contributed by atoms with Crippen LogP contribution in [0, 0.1) is 5.41 Å². The van der Waals surface area contributed by atoms with Crippen molar-refractivity contribution in [3.05, 3.63) is 0 Å². The Bertz CT molecular complexity index is 245. The lowest BCUT2D eigenvalue weighted by atomic mass is 9.90. The van der Waals surface area contributed by atoms with Gasteiger partial charge in [0.05, 0.1) is 5.54 Å². The van der Waals surface area contributed by atoms with Crippen LogP contribution in [0.3, 0.4) is 0 Å². The van der Waals surface area contributed by atoms with Crippen LogP contribution in [-0.2, 0) is 4.79 Å². The van der Waals surface area contributed by atoms with Gasteiger partial charge in [-0.15, -0.1) is 0 Å². The van der Waals surface area contributed by atoms with Crippen LogP contribution in [0.15, 0.2) is 0 Å². The molecule has 0 atom stereocenters. The molecule has 0 fully saturated rings. The predicted octanol–water partition coefficient (Wildman–Crippen LogP) is 1.21. The second-order valence-corrected chi connectivity index (χ2v) is 5.95. The summed E-state index contributed by atoms with van der Waals surface area (Å²) in [5, 5.41) is 2.98. The van der Waals surface area contributed by atoms with Gasteiger partial charge in [0.15, 0.2) is 0 Å². The molecule has 4 nitrogen and oxygen atoms in total. The third-order valence-electron chi connectivity index (χ3n) is 3.19. The Morgan fingerprint density at radius 3 is 2.06 bits per heavy atom. The van der Waals surface area contributed by atoms with Crippen LogP contribution in [0.25, 0.3) is 0 Å². The SMILES string of the molecule is CCC(N)(CC)C(=O)NCC(C)(C)CN(C)C. The van der Waals surface area contributed by atoms with Crippen LogP contribution in [0.5, 0.6) is 0 Å². The van der Waals surface area contributed by atoms with Crippen molar-refractivity contribution in [3.8, 4) is 0 Å². The summed E-state index contributed by atoms with van der Waals surface area (Å²) in [6.07, 6.45) is 1.34. The smallest absolute Gasteiger partial charge is 0.240 e. The number of rotatable bonds is 7. The Balaban J connectivity index is 4.33. The minimum atomic E-state index is -0.714. The number of carbonyl (C=O) groups excluding carboxylic acids is 1. The second-order valence-electron chi connectivity index (χ2n) is 5.95. The summed E-state index contributed by atoms with van der Waals surface area (Å²) in [5.41, 5.74) is 5.39. The van der Waals surface area contributed by atoms with E-state index in [0.717, 1.165) is 6.54 Å². The van der Waals surface area contributed by atoms with Crippen LogP contribution in [0.2, 0.25) is 0 Å². The van der Waals surface area contributed by atoms with Gasteiger partial charge in [0.25, 0.3) is 0 Å². The van der Waals surface area contributed by atoms with Crippen molar-refractivity contribution in [2.75, 3.05) is 27.2 Å². The number of amides is 1. The monoisotopic (exact) mass is 243 g/mol. The van der Waals surface area contributed by atoms with Crippen LogP contribution in [0.4, 0.5) is 0 Å². The molecule has 0 aliphatic rings. The molecule has 0 rings (SSSR count). The van der Waals surface area contributed by atoms with Gasteiger partial charge in [-0.3, -0.25) is 4.79 Å². The fraction of sp³-hybridized carbons (Fsp3) is 0.923. The van der Waals surface area contributed by atoms with E-state index in [1.54, 1.807) is 0 Å². The van der Waals surface area contributed by atoms with E-state index in [2.05, 4.69) is 24.1 Å². The van der Waals surface area contributed by atoms with Crippen molar-refractivity contribution in [3.63, 3.8) is 0 Å². The van der Waals surface area contributed by atoms with Crippen LogP contribution < -0.4 is 11.1 Å². The van der Waals surface area contributed by atoms with Crippen molar-refractivity contribution >= 4 is 5.91 Å². The second kappa shape index (κ2) is 6.36. The first kappa shape index (κ1) is 16.4. The lowest BCUT2D eigenvalue weighted by Gasteiger charge is -2.31. The van der Waals surface area contributed by atoms with E-state index in [1.807, 2.05) is 27.9 Å².